The number of hydrogen-bond acceptors (Lipinski definition) is 7. The van der Waals surface area contributed by atoms with E-state index in [4.69, 9.17) is 11.6 Å². The number of anilines is 3. The highest BCUT2D eigenvalue weighted by atomic mass is 35.5. The Labute approximate surface area is 231 Å². The summed E-state index contributed by atoms with van der Waals surface area (Å²) >= 11 is 5.93. The number of sulfonamides is 2. The van der Waals surface area contributed by atoms with Crippen molar-refractivity contribution in [3.8, 4) is 0 Å². The molecule has 0 fully saturated rings. The van der Waals surface area contributed by atoms with Crippen LogP contribution in [-0.4, -0.2) is 39.3 Å². The van der Waals surface area contributed by atoms with Gasteiger partial charge in [0.1, 0.15) is 6.54 Å². The van der Waals surface area contributed by atoms with Gasteiger partial charge in [-0.05, 0) is 91.7 Å². The number of aryl methyl sites for hydroxylation is 2. The lowest BCUT2D eigenvalue weighted by molar-refractivity contribution is -0.114. The number of aromatic nitrogens is 2. The van der Waals surface area contributed by atoms with Gasteiger partial charge in [0.25, 0.3) is 20.0 Å². The average molecular weight is 586 g/mol. The van der Waals surface area contributed by atoms with Crippen molar-refractivity contribution in [1.29, 1.82) is 0 Å². The van der Waals surface area contributed by atoms with E-state index in [0.717, 1.165) is 15.4 Å². The summed E-state index contributed by atoms with van der Waals surface area (Å²) in [7, 11) is -8.09. The standard InChI is InChI=1S/C26H24ClN5O5S2/c1-18-4-9-22(16-19(18)2)32(39(36,37)24-10-5-20(27)6-11-24)17-25(33)30-21-7-12-23(13-8-21)38(34,35)31-26-28-14-3-15-29-26/h3-16H,17H2,1-2H3,(H,30,33)(H,28,29,31). The Morgan fingerprint density at radius 1 is 0.846 bits per heavy atom. The maximum absolute atomic E-state index is 13.6. The molecule has 0 aliphatic rings. The molecule has 0 bridgehead atoms. The molecule has 1 aromatic heterocycles. The van der Waals surface area contributed by atoms with Gasteiger partial charge in [0.15, 0.2) is 0 Å². The van der Waals surface area contributed by atoms with E-state index in [1.165, 1.54) is 60.9 Å². The van der Waals surface area contributed by atoms with Crippen molar-refractivity contribution in [2.45, 2.75) is 23.6 Å². The average Bonchev–Trinajstić information content (AvgIpc) is 2.90. The number of carbonyl (C=O) groups is 1. The molecular formula is C26H24ClN5O5S2. The van der Waals surface area contributed by atoms with E-state index in [1.807, 2.05) is 13.8 Å². The van der Waals surface area contributed by atoms with Gasteiger partial charge < -0.3 is 5.32 Å². The molecule has 13 heteroatoms. The topological polar surface area (TPSA) is 138 Å². The number of hydrogen-bond donors (Lipinski definition) is 2. The van der Waals surface area contributed by atoms with Crippen molar-refractivity contribution in [3.63, 3.8) is 0 Å². The Morgan fingerprint density at radius 3 is 2.08 bits per heavy atom. The molecule has 0 spiro atoms. The minimum Gasteiger partial charge on any atom is -0.325 e. The van der Waals surface area contributed by atoms with Gasteiger partial charge >= 0.3 is 0 Å². The molecule has 39 heavy (non-hydrogen) atoms. The number of benzene rings is 3. The van der Waals surface area contributed by atoms with Crippen LogP contribution in [0.5, 0.6) is 0 Å². The molecule has 1 heterocycles. The van der Waals surface area contributed by atoms with Crippen LogP contribution in [0.2, 0.25) is 5.02 Å². The highest BCUT2D eigenvalue weighted by molar-refractivity contribution is 7.93. The van der Waals surface area contributed by atoms with E-state index in [-0.39, 0.29) is 21.4 Å². The van der Waals surface area contributed by atoms with Crippen LogP contribution in [0.25, 0.3) is 0 Å². The molecule has 0 aliphatic carbocycles. The summed E-state index contributed by atoms with van der Waals surface area (Å²) < 4.78 is 55.6. The zero-order valence-electron chi connectivity index (χ0n) is 20.9. The molecule has 3 aromatic carbocycles. The molecule has 10 nitrogen and oxygen atoms in total. The summed E-state index contributed by atoms with van der Waals surface area (Å²) in [6.45, 7) is 3.22. The first-order chi connectivity index (χ1) is 18.5. The molecule has 0 atom stereocenters. The van der Waals surface area contributed by atoms with E-state index in [0.29, 0.717) is 10.7 Å². The lowest BCUT2D eigenvalue weighted by Gasteiger charge is -2.25. The predicted molar refractivity (Wildman–Crippen MR) is 150 cm³/mol. The fourth-order valence-electron chi connectivity index (χ4n) is 3.51. The Bertz CT molecular complexity index is 1700. The van der Waals surface area contributed by atoms with E-state index < -0.39 is 32.5 Å². The van der Waals surface area contributed by atoms with E-state index in [2.05, 4.69) is 20.0 Å². The van der Waals surface area contributed by atoms with Crippen molar-refractivity contribution < 1.29 is 21.6 Å². The number of nitrogens with zero attached hydrogens (tertiary/aromatic N) is 3. The lowest BCUT2D eigenvalue weighted by atomic mass is 10.1. The molecular weight excluding hydrogens is 562 g/mol. The fourth-order valence-corrected chi connectivity index (χ4v) is 6.01. The Morgan fingerprint density at radius 2 is 1.46 bits per heavy atom. The third kappa shape index (κ3) is 6.72. The second kappa shape index (κ2) is 11.4. The molecule has 0 saturated carbocycles. The van der Waals surface area contributed by atoms with Gasteiger partial charge in [0.2, 0.25) is 11.9 Å². The molecule has 2 N–H and O–H groups in total. The number of rotatable bonds is 9. The van der Waals surface area contributed by atoms with Gasteiger partial charge in [-0.1, -0.05) is 17.7 Å². The highest BCUT2D eigenvalue weighted by Gasteiger charge is 2.27. The van der Waals surface area contributed by atoms with Gasteiger partial charge in [-0.15, -0.1) is 0 Å². The van der Waals surface area contributed by atoms with Crippen molar-refractivity contribution in [3.05, 3.63) is 101 Å². The number of carbonyl (C=O) groups excluding carboxylic acids is 1. The number of amides is 1. The second-order valence-corrected chi connectivity index (χ2v) is 12.5. The van der Waals surface area contributed by atoms with Gasteiger partial charge in [0.05, 0.1) is 15.5 Å². The van der Waals surface area contributed by atoms with Crippen LogP contribution in [0, 0.1) is 13.8 Å². The maximum atomic E-state index is 13.6. The minimum atomic E-state index is -4.13. The summed E-state index contributed by atoms with van der Waals surface area (Å²) in [5.41, 5.74) is 2.42. The molecule has 1 amide bonds. The van der Waals surface area contributed by atoms with Crippen LogP contribution in [0.1, 0.15) is 11.1 Å². The molecule has 4 rings (SSSR count). The fraction of sp³-hybridized carbons (Fsp3) is 0.115. The van der Waals surface area contributed by atoms with E-state index in [9.17, 15) is 21.6 Å². The first-order valence-corrected chi connectivity index (χ1v) is 14.8. The van der Waals surface area contributed by atoms with Crippen molar-refractivity contribution in [2.24, 2.45) is 0 Å². The summed E-state index contributed by atoms with van der Waals surface area (Å²) in [6, 6.07) is 17.7. The van der Waals surface area contributed by atoms with Gasteiger partial charge in [0, 0.05) is 23.1 Å². The molecule has 0 saturated heterocycles. The first-order valence-electron chi connectivity index (χ1n) is 11.5. The molecule has 202 valence electrons. The SMILES string of the molecule is Cc1ccc(N(CC(=O)Nc2ccc(S(=O)(=O)Nc3ncccn3)cc2)S(=O)(=O)c2ccc(Cl)cc2)cc1C. The molecule has 0 aliphatic heterocycles. The highest BCUT2D eigenvalue weighted by Crippen LogP contribution is 2.27. The zero-order valence-corrected chi connectivity index (χ0v) is 23.3. The van der Waals surface area contributed by atoms with Crippen LogP contribution in [0.3, 0.4) is 0 Å². The normalized spacial score (nSPS) is 11.6. The van der Waals surface area contributed by atoms with Crippen LogP contribution in [-0.2, 0) is 24.8 Å². The molecule has 0 radical (unpaired) electrons. The van der Waals surface area contributed by atoms with E-state index >= 15 is 0 Å². The smallest absolute Gasteiger partial charge is 0.264 e. The quantitative estimate of drug-likeness (QED) is 0.297. The van der Waals surface area contributed by atoms with E-state index in [1.54, 1.807) is 24.3 Å². The second-order valence-electron chi connectivity index (χ2n) is 8.48. The third-order valence-corrected chi connectivity index (χ3v) is 9.09. The molecule has 0 unspecified atom stereocenters. The third-order valence-electron chi connectivity index (χ3n) is 5.71. The number of nitrogens with one attached hydrogen (secondary N) is 2. The summed E-state index contributed by atoms with van der Waals surface area (Å²) in [5, 5.41) is 3.00. The summed E-state index contributed by atoms with van der Waals surface area (Å²) in [4.78, 5) is 20.6. The van der Waals surface area contributed by atoms with Crippen LogP contribution < -0.4 is 14.3 Å². The van der Waals surface area contributed by atoms with Crippen molar-refractivity contribution >= 4 is 54.9 Å². The van der Waals surface area contributed by atoms with Gasteiger partial charge in [-0.25, -0.2) is 31.5 Å². The zero-order chi connectivity index (χ0) is 28.2. The Balaban J connectivity index is 1.55. The van der Waals surface area contributed by atoms with Crippen molar-refractivity contribution in [2.75, 3.05) is 20.9 Å². The van der Waals surface area contributed by atoms with Crippen LogP contribution in [0.15, 0.2) is 95.0 Å². The monoisotopic (exact) mass is 585 g/mol. The lowest BCUT2D eigenvalue weighted by Crippen LogP contribution is -2.38. The van der Waals surface area contributed by atoms with Crippen LogP contribution >= 0.6 is 11.6 Å². The predicted octanol–water partition coefficient (Wildman–Crippen LogP) is 4.38. The number of halogens is 1. The van der Waals surface area contributed by atoms with Gasteiger partial charge in [-0.2, -0.15) is 0 Å². The Hall–Kier alpha value is -4.00. The largest absolute Gasteiger partial charge is 0.325 e. The summed E-state index contributed by atoms with van der Waals surface area (Å²) in [5.74, 6) is -0.708. The van der Waals surface area contributed by atoms with Crippen LogP contribution in [0.4, 0.5) is 17.3 Å². The minimum absolute atomic E-state index is 0.0256. The Kier molecular flexibility index (Phi) is 8.19. The van der Waals surface area contributed by atoms with Crippen molar-refractivity contribution in [1.82, 2.24) is 9.97 Å². The van der Waals surface area contributed by atoms with Gasteiger partial charge in [-0.3, -0.25) is 9.10 Å². The first kappa shape index (κ1) is 28.0. The molecule has 4 aromatic rings. The summed E-state index contributed by atoms with van der Waals surface area (Å²) in [6.07, 6.45) is 2.80. The maximum Gasteiger partial charge on any atom is 0.264 e.